The van der Waals surface area contributed by atoms with E-state index in [0.717, 1.165) is 28.4 Å². The Morgan fingerprint density at radius 1 is 1.23 bits per heavy atom. The monoisotopic (exact) mass is 661 g/mol. The minimum atomic E-state index is -4.53. The van der Waals surface area contributed by atoms with E-state index in [0.29, 0.717) is 28.5 Å². The number of hydrogen-bond acceptors (Lipinski definition) is 6. The van der Waals surface area contributed by atoms with Crippen LogP contribution in [-0.2, 0) is 16.6 Å². The average molecular weight is 663 g/mol. The van der Waals surface area contributed by atoms with Gasteiger partial charge in [-0.2, -0.15) is 13.2 Å². The lowest BCUT2D eigenvalue weighted by molar-refractivity contribution is -0.153. The Morgan fingerprint density at radius 3 is 2.53 bits per heavy atom. The second-order valence-corrected chi connectivity index (χ2v) is 11.9. The third kappa shape index (κ3) is 6.50. The first-order valence-corrected chi connectivity index (χ1v) is 14.7. The third-order valence-corrected chi connectivity index (χ3v) is 8.84. The topological polar surface area (TPSA) is 110 Å². The number of anilines is 2. The molecule has 3 aromatic rings. The summed E-state index contributed by atoms with van der Waals surface area (Å²) in [6.07, 6.45) is -2.65. The van der Waals surface area contributed by atoms with Crippen LogP contribution in [0.3, 0.4) is 0 Å². The number of carboxylic acid groups (broad SMARTS) is 1. The Labute approximate surface area is 254 Å². The van der Waals surface area contributed by atoms with Crippen molar-refractivity contribution in [3.05, 3.63) is 39.9 Å². The number of hydrogen-bond donors (Lipinski definition) is 2. The smallest absolute Gasteiger partial charge is 0.401 e. The number of benzene rings is 1. The first kappa shape index (κ1) is 30.8. The average Bonchev–Trinajstić information content (AvgIpc) is 3.75. The van der Waals surface area contributed by atoms with Gasteiger partial charge in [-0.25, -0.2) is 4.98 Å². The lowest BCUT2D eigenvalue weighted by atomic mass is 9.80. The molecular formula is C30H31BrF3N5O4. The lowest BCUT2D eigenvalue weighted by Gasteiger charge is -2.37. The number of aryl methyl sites for hydroxylation is 2. The quantitative estimate of drug-likeness (QED) is 0.289. The maximum atomic E-state index is 13.4. The van der Waals surface area contributed by atoms with Crippen molar-refractivity contribution in [2.24, 2.45) is 7.05 Å². The van der Waals surface area contributed by atoms with Crippen molar-refractivity contribution in [1.29, 1.82) is 0 Å². The molecule has 2 fully saturated rings. The van der Waals surface area contributed by atoms with E-state index >= 15 is 0 Å². The van der Waals surface area contributed by atoms with E-state index < -0.39 is 36.2 Å². The van der Waals surface area contributed by atoms with Gasteiger partial charge in [0.25, 0.3) is 5.88 Å². The number of nitrogens with one attached hydrogen (secondary N) is 1. The minimum Gasteiger partial charge on any atom is -0.480 e. The van der Waals surface area contributed by atoms with E-state index in [4.69, 9.17) is 9.72 Å². The molecule has 0 unspecified atom stereocenters. The normalized spacial score (nSPS) is 20.4. The summed E-state index contributed by atoms with van der Waals surface area (Å²) in [5, 5.41) is 16.4. The second kappa shape index (κ2) is 11.8. The van der Waals surface area contributed by atoms with E-state index in [-0.39, 0.29) is 31.6 Å². The van der Waals surface area contributed by atoms with E-state index in [1.807, 2.05) is 19.1 Å². The largest absolute Gasteiger partial charge is 0.480 e. The molecule has 13 heteroatoms. The highest BCUT2D eigenvalue weighted by Crippen LogP contribution is 2.47. The summed E-state index contributed by atoms with van der Waals surface area (Å²) in [5.41, 5.74) is 2.04. The van der Waals surface area contributed by atoms with Gasteiger partial charge < -0.3 is 9.84 Å². The number of carbonyl (C=O) groups excluding carboxylic acids is 1. The van der Waals surface area contributed by atoms with Gasteiger partial charge in [-0.15, -0.1) is 5.10 Å². The number of aliphatic carboxylic acids is 1. The molecule has 2 aliphatic carbocycles. The highest BCUT2D eigenvalue weighted by Gasteiger charge is 2.45. The molecule has 0 atom stereocenters. The molecule has 0 saturated heterocycles. The van der Waals surface area contributed by atoms with Crippen molar-refractivity contribution < 1.29 is 32.6 Å². The van der Waals surface area contributed by atoms with Crippen LogP contribution in [-0.4, -0.2) is 56.1 Å². The summed E-state index contributed by atoms with van der Waals surface area (Å²) in [4.78, 5) is 31.7. The molecule has 0 spiro atoms. The van der Waals surface area contributed by atoms with Crippen LogP contribution < -0.4 is 15.0 Å². The van der Waals surface area contributed by atoms with E-state index in [1.54, 1.807) is 30.8 Å². The molecule has 228 valence electrons. The summed E-state index contributed by atoms with van der Waals surface area (Å²) in [5.74, 6) is 4.43. The second-order valence-electron chi connectivity index (χ2n) is 11.1. The predicted molar refractivity (Wildman–Crippen MR) is 157 cm³/mol. The van der Waals surface area contributed by atoms with E-state index in [1.165, 1.54) is 4.90 Å². The summed E-state index contributed by atoms with van der Waals surface area (Å²) < 4.78 is 47.2. The van der Waals surface area contributed by atoms with Crippen molar-refractivity contribution in [3.8, 4) is 17.7 Å². The SMILES string of the molecule is CC#CC(=O)N(c1ccc2c(n1)c(OC1CCC(NCC(F)(F)F)(C(=O)O)CC1)nn2C)c1cc(C)c(Br)cc1C1CC1. The molecule has 43 heavy (non-hydrogen) atoms. The molecule has 2 N–H and O–H groups in total. The molecule has 2 saturated carbocycles. The Morgan fingerprint density at radius 2 is 1.93 bits per heavy atom. The van der Waals surface area contributed by atoms with Crippen molar-refractivity contribution in [3.63, 3.8) is 0 Å². The van der Waals surface area contributed by atoms with Gasteiger partial charge in [0.05, 0.1) is 17.7 Å². The number of nitrogens with zero attached hydrogens (tertiary/aromatic N) is 4. The van der Waals surface area contributed by atoms with Crippen LogP contribution in [0.15, 0.2) is 28.7 Å². The van der Waals surface area contributed by atoms with Crippen LogP contribution >= 0.6 is 15.9 Å². The highest BCUT2D eigenvalue weighted by atomic mass is 79.9. The van der Waals surface area contributed by atoms with Crippen molar-refractivity contribution in [1.82, 2.24) is 20.1 Å². The zero-order valence-corrected chi connectivity index (χ0v) is 25.5. The number of ether oxygens (including phenoxy) is 1. The summed E-state index contributed by atoms with van der Waals surface area (Å²) in [7, 11) is 1.72. The Hall–Kier alpha value is -3.63. The summed E-state index contributed by atoms with van der Waals surface area (Å²) in [6.45, 7) is 2.15. The maximum absolute atomic E-state index is 13.4. The van der Waals surface area contributed by atoms with Crippen LogP contribution in [0.1, 0.15) is 62.5 Å². The fourth-order valence-corrected chi connectivity index (χ4v) is 5.85. The first-order valence-electron chi connectivity index (χ1n) is 13.9. The van der Waals surface area contributed by atoms with Gasteiger partial charge in [-0.3, -0.25) is 24.5 Å². The molecule has 2 aliphatic rings. The number of halogens is 4. The minimum absolute atomic E-state index is 0.0443. The summed E-state index contributed by atoms with van der Waals surface area (Å²) in [6, 6.07) is 7.51. The molecule has 9 nitrogen and oxygen atoms in total. The number of fused-ring (bicyclic) bond motifs is 1. The molecule has 5 rings (SSSR count). The number of pyridine rings is 1. The first-order chi connectivity index (χ1) is 20.3. The standard InChI is InChI=1S/C30H31BrF3N5O4/c1-4-5-25(40)39(23-14-17(2)21(31)15-20(23)18-6-7-18)24-9-8-22-26(36-24)27(37-38(22)3)43-19-10-12-29(13-11-19,28(41)42)35-16-30(32,33)34/h8-9,14-15,18-19,35H,6-7,10-13,16H2,1-3H3,(H,41,42). The molecule has 2 aromatic heterocycles. The van der Waals surface area contributed by atoms with Crippen LogP contribution in [0, 0.1) is 18.8 Å². The van der Waals surface area contributed by atoms with Crippen LogP contribution in [0.25, 0.3) is 11.0 Å². The van der Waals surface area contributed by atoms with Gasteiger partial charge >= 0.3 is 18.1 Å². The molecule has 0 bridgehead atoms. The molecule has 1 amide bonds. The predicted octanol–water partition coefficient (Wildman–Crippen LogP) is 5.90. The van der Waals surface area contributed by atoms with Gasteiger partial charge in [0.1, 0.15) is 17.5 Å². The van der Waals surface area contributed by atoms with Gasteiger partial charge in [0.2, 0.25) is 0 Å². The van der Waals surface area contributed by atoms with Gasteiger partial charge in [-0.05, 0) is 99.6 Å². The molecule has 2 heterocycles. The maximum Gasteiger partial charge on any atom is 0.401 e. The number of amides is 1. The summed E-state index contributed by atoms with van der Waals surface area (Å²) >= 11 is 3.61. The fraction of sp³-hybridized carbons (Fsp3) is 0.467. The third-order valence-electron chi connectivity index (χ3n) is 7.98. The van der Waals surface area contributed by atoms with Crippen molar-refractivity contribution in [2.45, 2.75) is 76.1 Å². The number of carboxylic acids is 1. The highest BCUT2D eigenvalue weighted by molar-refractivity contribution is 9.10. The van der Waals surface area contributed by atoms with Gasteiger partial charge in [-0.1, -0.05) is 21.9 Å². The zero-order valence-electron chi connectivity index (χ0n) is 23.9. The number of alkyl halides is 3. The number of aromatic nitrogens is 3. The van der Waals surface area contributed by atoms with Crippen LogP contribution in [0.4, 0.5) is 24.7 Å². The van der Waals surface area contributed by atoms with Gasteiger partial charge in [0.15, 0.2) is 5.52 Å². The fourth-order valence-electron chi connectivity index (χ4n) is 5.49. The van der Waals surface area contributed by atoms with E-state index in [2.05, 4.69) is 38.2 Å². The van der Waals surface area contributed by atoms with Gasteiger partial charge in [0, 0.05) is 11.5 Å². The Balaban J connectivity index is 1.46. The number of carbonyl (C=O) groups is 2. The van der Waals surface area contributed by atoms with Crippen LogP contribution in [0.5, 0.6) is 5.88 Å². The molecule has 0 radical (unpaired) electrons. The Bertz CT molecular complexity index is 1630. The van der Waals surface area contributed by atoms with Crippen molar-refractivity contribution >= 4 is 50.3 Å². The zero-order chi connectivity index (χ0) is 31.1. The molecule has 1 aromatic carbocycles. The molecule has 0 aliphatic heterocycles. The van der Waals surface area contributed by atoms with Crippen molar-refractivity contribution in [2.75, 3.05) is 11.4 Å². The molecular weight excluding hydrogens is 631 g/mol. The van der Waals surface area contributed by atoms with Crippen LogP contribution in [0.2, 0.25) is 0 Å². The Kier molecular flexibility index (Phi) is 8.46. The lowest BCUT2D eigenvalue weighted by Crippen LogP contribution is -2.57. The van der Waals surface area contributed by atoms with E-state index in [9.17, 15) is 27.9 Å². The number of rotatable bonds is 8.